The van der Waals surface area contributed by atoms with Gasteiger partial charge < -0.3 is 11.1 Å². The second kappa shape index (κ2) is 7.59. The minimum Gasteiger partial charge on any atom is -0.352 e. The van der Waals surface area contributed by atoms with Crippen LogP contribution in [0.3, 0.4) is 0 Å². The van der Waals surface area contributed by atoms with Gasteiger partial charge in [-0.2, -0.15) is 5.10 Å². The lowest BCUT2D eigenvalue weighted by atomic mass is 10.1. The number of nitrogens with one attached hydrogen (secondary N) is 1. The Balaban J connectivity index is 1.96. The number of nitrogens with zero attached hydrogens (tertiary/aromatic N) is 2. The van der Waals surface area contributed by atoms with Gasteiger partial charge in [0.05, 0.1) is 5.69 Å². The van der Waals surface area contributed by atoms with Crippen molar-refractivity contribution < 1.29 is 4.79 Å². The molecule has 1 aromatic carbocycles. The zero-order valence-corrected chi connectivity index (χ0v) is 12.3. The van der Waals surface area contributed by atoms with Crippen LogP contribution in [0.2, 0.25) is 0 Å². The second-order valence-electron chi connectivity index (χ2n) is 5.11. The molecule has 3 N–H and O–H groups in total. The molecule has 1 amide bonds. The van der Waals surface area contributed by atoms with E-state index >= 15 is 0 Å². The predicted molar refractivity (Wildman–Crippen MR) is 82.9 cm³/mol. The number of benzene rings is 1. The Morgan fingerprint density at radius 1 is 1.38 bits per heavy atom. The van der Waals surface area contributed by atoms with Crippen LogP contribution in [-0.4, -0.2) is 21.7 Å². The maximum Gasteiger partial charge on any atom is 0.221 e. The summed E-state index contributed by atoms with van der Waals surface area (Å²) in [5, 5.41) is 7.16. The molecule has 0 fully saturated rings. The molecular weight excluding hydrogens is 264 g/mol. The van der Waals surface area contributed by atoms with Gasteiger partial charge in [0.25, 0.3) is 0 Å². The Labute approximate surface area is 125 Å². The zero-order chi connectivity index (χ0) is 15.1. The number of carbonyl (C=O) groups is 1. The van der Waals surface area contributed by atoms with Gasteiger partial charge >= 0.3 is 0 Å². The number of hydrogen-bond acceptors (Lipinski definition) is 3. The third kappa shape index (κ3) is 4.43. The molecular formula is C16H22N4O. The quantitative estimate of drug-likeness (QED) is 0.817. The first-order chi connectivity index (χ1) is 10.2. The van der Waals surface area contributed by atoms with E-state index < -0.39 is 0 Å². The van der Waals surface area contributed by atoms with Crippen molar-refractivity contribution in [2.45, 2.75) is 38.8 Å². The molecule has 0 saturated carbocycles. The Bertz CT molecular complexity index is 565. The monoisotopic (exact) mass is 286 g/mol. The normalized spacial score (nSPS) is 12.1. The highest BCUT2D eigenvalue weighted by Gasteiger charge is 2.10. The molecule has 0 saturated heterocycles. The molecule has 0 bridgehead atoms. The molecule has 1 atom stereocenters. The van der Waals surface area contributed by atoms with Crippen molar-refractivity contribution >= 4 is 5.91 Å². The van der Waals surface area contributed by atoms with Crippen molar-refractivity contribution in [3.63, 3.8) is 0 Å². The highest BCUT2D eigenvalue weighted by molar-refractivity contribution is 5.76. The standard InChI is InChI=1S/C16H22N4O/c1-2-6-14(17)11-16(21)18-12-13-7-3-4-8-15(13)20-10-5-9-19-20/h3-5,7-10,14H,2,6,11-12,17H2,1H3,(H,18,21). The van der Waals surface area contributed by atoms with E-state index in [2.05, 4.69) is 17.3 Å². The first-order valence-electron chi connectivity index (χ1n) is 7.31. The van der Waals surface area contributed by atoms with Crippen molar-refractivity contribution in [3.8, 4) is 5.69 Å². The average Bonchev–Trinajstić information content (AvgIpc) is 2.99. The summed E-state index contributed by atoms with van der Waals surface area (Å²) in [6, 6.07) is 9.70. The molecule has 0 aliphatic carbocycles. The SMILES string of the molecule is CCCC(N)CC(=O)NCc1ccccc1-n1cccn1. The van der Waals surface area contributed by atoms with E-state index in [-0.39, 0.29) is 11.9 Å². The van der Waals surface area contributed by atoms with E-state index in [0.717, 1.165) is 24.1 Å². The molecule has 1 aromatic heterocycles. The number of para-hydroxylation sites is 1. The summed E-state index contributed by atoms with van der Waals surface area (Å²) in [6.45, 7) is 2.55. The molecule has 0 spiro atoms. The van der Waals surface area contributed by atoms with Gasteiger partial charge in [-0.25, -0.2) is 4.68 Å². The third-order valence-electron chi connectivity index (χ3n) is 3.33. The molecule has 0 radical (unpaired) electrons. The van der Waals surface area contributed by atoms with E-state index in [1.807, 2.05) is 36.5 Å². The summed E-state index contributed by atoms with van der Waals surface area (Å²) in [5.74, 6) is -0.00813. The molecule has 2 rings (SSSR count). The molecule has 112 valence electrons. The fraction of sp³-hybridized carbons (Fsp3) is 0.375. The maximum absolute atomic E-state index is 11.9. The lowest BCUT2D eigenvalue weighted by molar-refractivity contribution is -0.121. The lowest BCUT2D eigenvalue weighted by Gasteiger charge is -2.13. The third-order valence-corrected chi connectivity index (χ3v) is 3.33. The van der Waals surface area contributed by atoms with Crippen LogP contribution < -0.4 is 11.1 Å². The number of aromatic nitrogens is 2. The van der Waals surface area contributed by atoms with Crippen molar-refractivity contribution in [2.75, 3.05) is 0 Å². The largest absolute Gasteiger partial charge is 0.352 e. The Kier molecular flexibility index (Phi) is 5.51. The summed E-state index contributed by atoms with van der Waals surface area (Å²) in [6.07, 6.45) is 5.86. The van der Waals surface area contributed by atoms with Gasteiger partial charge in [0.2, 0.25) is 5.91 Å². The van der Waals surface area contributed by atoms with Crippen LogP contribution >= 0.6 is 0 Å². The van der Waals surface area contributed by atoms with Crippen LogP contribution in [0.5, 0.6) is 0 Å². The summed E-state index contributed by atoms with van der Waals surface area (Å²) in [4.78, 5) is 11.9. The van der Waals surface area contributed by atoms with Gasteiger partial charge in [0.15, 0.2) is 0 Å². The molecule has 1 unspecified atom stereocenters. The Morgan fingerprint density at radius 3 is 2.90 bits per heavy atom. The van der Waals surface area contributed by atoms with Crippen LogP contribution in [0.25, 0.3) is 5.69 Å². The number of nitrogens with two attached hydrogens (primary N) is 1. The van der Waals surface area contributed by atoms with E-state index in [1.54, 1.807) is 10.9 Å². The van der Waals surface area contributed by atoms with E-state index in [9.17, 15) is 4.79 Å². The minimum absolute atomic E-state index is 0.00813. The number of amides is 1. The van der Waals surface area contributed by atoms with Crippen LogP contribution in [0.15, 0.2) is 42.7 Å². The van der Waals surface area contributed by atoms with Gasteiger partial charge in [-0.15, -0.1) is 0 Å². The summed E-state index contributed by atoms with van der Waals surface area (Å²) >= 11 is 0. The fourth-order valence-corrected chi connectivity index (χ4v) is 2.27. The molecule has 5 heteroatoms. The number of rotatable bonds is 7. The van der Waals surface area contributed by atoms with Crippen LogP contribution in [0, 0.1) is 0 Å². The summed E-state index contributed by atoms with van der Waals surface area (Å²) in [7, 11) is 0. The second-order valence-corrected chi connectivity index (χ2v) is 5.11. The van der Waals surface area contributed by atoms with Gasteiger partial charge in [-0.3, -0.25) is 4.79 Å². The minimum atomic E-state index is -0.0589. The number of hydrogen-bond donors (Lipinski definition) is 2. The van der Waals surface area contributed by atoms with Crippen molar-refractivity contribution in [3.05, 3.63) is 48.3 Å². The Morgan fingerprint density at radius 2 is 2.19 bits per heavy atom. The highest BCUT2D eigenvalue weighted by atomic mass is 16.1. The highest BCUT2D eigenvalue weighted by Crippen LogP contribution is 2.13. The molecule has 0 aliphatic rings. The summed E-state index contributed by atoms with van der Waals surface area (Å²) < 4.78 is 1.80. The zero-order valence-electron chi connectivity index (χ0n) is 12.3. The first kappa shape index (κ1) is 15.3. The van der Waals surface area contributed by atoms with Crippen molar-refractivity contribution in [1.82, 2.24) is 15.1 Å². The average molecular weight is 286 g/mol. The van der Waals surface area contributed by atoms with E-state index in [4.69, 9.17) is 5.73 Å². The smallest absolute Gasteiger partial charge is 0.221 e. The topological polar surface area (TPSA) is 72.9 Å². The van der Waals surface area contributed by atoms with E-state index in [0.29, 0.717) is 13.0 Å². The van der Waals surface area contributed by atoms with E-state index in [1.165, 1.54) is 0 Å². The van der Waals surface area contributed by atoms with Crippen molar-refractivity contribution in [1.29, 1.82) is 0 Å². The molecule has 0 aliphatic heterocycles. The fourth-order valence-electron chi connectivity index (χ4n) is 2.27. The van der Waals surface area contributed by atoms with Gasteiger partial charge in [0.1, 0.15) is 0 Å². The molecule has 21 heavy (non-hydrogen) atoms. The van der Waals surface area contributed by atoms with Crippen molar-refractivity contribution in [2.24, 2.45) is 5.73 Å². The Hall–Kier alpha value is -2.14. The predicted octanol–water partition coefficient (Wildman–Crippen LogP) is 2.01. The lowest BCUT2D eigenvalue weighted by Crippen LogP contribution is -2.31. The first-order valence-corrected chi connectivity index (χ1v) is 7.31. The molecule has 5 nitrogen and oxygen atoms in total. The van der Waals surface area contributed by atoms with Crippen LogP contribution in [0.4, 0.5) is 0 Å². The maximum atomic E-state index is 11.9. The molecule has 2 aromatic rings. The van der Waals surface area contributed by atoms with Gasteiger partial charge in [-0.1, -0.05) is 31.5 Å². The van der Waals surface area contributed by atoms with Gasteiger partial charge in [-0.05, 0) is 24.1 Å². The number of carbonyl (C=O) groups excluding carboxylic acids is 1. The van der Waals surface area contributed by atoms with Crippen LogP contribution in [-0.2, 0) is 11.3 Å². The summed E-state index contributed by atoms with van der Waals surface area (Å²) in [5.41, 5.74) is 7.89. The molecule has 1 heterocycles. The van der Waals surface area contributed by atoms with Gasteiger partial charge in [0, 0.05) is 31.4 Å². The van der Waals surface area contributed by atoms with Crippen LogP contribution in [0.1, 0.15) is 31.7 Å².